The molecule has 0 amide bonds. The maximum absolute atomic E-state index is 12.0. The largest absolute Gasteiger partial charge is 0.495 e. The van der Waals surface area contributed by atoms with Gasteiger partial charge < -0.3 is 9.64 Å². The maximum Gasteiger partial charge on any atom is 0.244 e. The normalized spacial score (nSPS) is 21.6. The fourth-order valence-electron chi connectivity index (χ4n) is 2.15. The molecule has 1 aliphatic carbocycles. The quantitative estimate of drug-likeness (QED) is 0.897. The lowest BCUT2D eigenvalue weighted by molar-refractivity contribution is 0.413. The molecule has 5 nitrogen and oxygen atoms in total. The number of nitrogens with zero attached hydrogens (tertiary/aromatic N) is 1. The standard InChI is InChI=1S/C11H13ClN2O3S/c1-17-10-5-11-9(4-8(10)12)14(7-2-3-7)6-13-18(11,15)16/h4-5,7,13H,2-3,6H2,1H3. The molecule has 1 saturated carbocycles. The van der Waals surface area contributed by atoms with Gasteiger partial charge in [-0.25, -0.2) is 8.42 Å². The highest BCUT2D eigenvalue weighted by Crippen LogP contribution is 2.41. The van der Waals surface area contributed by atoms with E-state index in [1.165, 1.54) is 13.2 Å². The Morgan fingerprint density at radius 1 is 1.44 bits per heavy atom. The number of rotatable bonds is 2. The van der Waals surface area contributed by atoms with Crippen molar-refractivity contribution < 1.29 is 13.2 Å². The van der Waals surface area contributed by atoms with Gasteiger partial charge in [0.25, 0.3) is 0 Å². The summed E-state index contributed by atoms with van der Waals surface area (Å²) in [6, 6.07) is 3.57. The summed E-state index contributed by atoms with van der Waals surface area (Å²) in [6.45, 7) is 0.308. The number of hydrogen-bond donors (Lipinski definition) is 1. The summed E-state index contributed by atoms with van der Waals surface area (Å²) in [7, 11) is -1.99. The second kappa shape index (κ2) is 4.01. The van der Waals surface area contributed by atoms with Gasteiger partial charge in [0, 0.05) is 12.1 Å². The van der Waals surface area contributed by atoms with E-state index in [0.717, 1.165) is 12.8 Å². The van der Waals surface area contributed by atoms with Gasteiger partial charge in [0.1, 0.15) is 10.6 Å². The first-order chi connectivity index (χ1) is 8.53. The minimum absolute atomic E-state index is 0.238. The maximum atomic E-state index is 12.0. The second-order valence-electron chi connectivity index (χ2n) is 4.46. The summed E-state index contributed by atoms with van der Waals surface area (Å²) in [4.78, 5) is 2.28. The predicted molar refractivity (Wildman–Crippen MR) is 68.7 cm³/mol. The van der Waals surface area contributed by atoms with Crippen LogP contribution >= 0.6 is 11.6 Å². The van der Waals surface area contributed by atoms with Crippen molar-refractivity contribution in [2.24, 2.45) is 0 Å². The van der Waals surface area contributed by atoms with Crippen molar-refractivity contribution >= 4 is 27.3 Å². The Bertz CT molecular complexity index is 599. The minimum Gasteiger partial charge on any atom is -0.495 e. The molecular weight excluding hydrogens is 276 g/mol. The number of fused-ring (bicyclic) bond motifs is 1. The van der Waals surface area contributed by atoms with Gasteiger partial charge in [-0.1, -0.05) is 11.6 Å². The lowest BCUT2D eigenvalue weighted by Gasteiger charge is -2.32. The summed E-state index contributed by atoms with van der Waals surface area (Å²) in [5, 5.41) is 0.430. The molecule has 0 bridgehead atoms. The number of methoxy groups -OCH3 is 1. The van der Waals surface area contributed by atoms with Crippen LogP contribution in [0.5, 0.6) is 5.75 Å². The van der Waals surface area contributed by atoms with Gasteiger partial charge in [0.2, 0.25) is 10.0 Å². The van der Waals surface area contributed by atoms with Crippen molar-refractivity contribution in [3.63, 3.8) is 0 Å². The Labute approximate surface area is 111 Å². The first kappa shape index (κ1) is 12.1. The van der Waals surface area contributed by atoms with Gasteiger partial charge in [-0.15, -0.1) is 0 Å². The molecule has 1 aliphatic heterocycles. The Hall–Kier alpha value is -0.980. The smallest absolute Gasteiger partial charge is 0.244 e. The van der Waals surface area contributed by atoms with Gasteiger partial charge in [-0.05, 0) is 18.9 Å². The van der Waals surface area contributed by atoms with E-state index in [9.17, 15) is 8.42 Å². The number of ether oxygens (including phenoxy) is 1. The average Bonchev–Trinajstić information content (AvgIpc) is 3.12. The van der Waals surface area contributed by atoms with Crippen LogP contribution in [0.4, 0.5) is 5.69 Å². The molecule has 7 heteroatoms. The molecule has 1 heterocycles. The minimum atomic E-state index is -3.46. The zero-order chi connectivity index (χ0) is 12.9. The molecule has 1 aromatic carbocycles. The third-order valence-corrected chi connectivity index (χ3v) is 4.96. The van der Waals surface area contributed by atoms with Gasteiger partial charge in [-0.3, -0.25) is 0 Å². The topological polar surface area (TPSA) is 58.6 Å². The highest BCUT2D eigenvalue weighted by atomic mass is 35.5. The van der Waals surface area contributed by atoms with Crippen molar-refractivity contribution in [1.29, 1.82) is 0 Å². The van der Waals surface area contributed by atoms with E-state index in [2.05, 4.69) is 4.72 Å². The van der Waals surface area contributed by atoms with E-state index >= 15 is 0 Å². The molecule has 0 saturated heterocycles. The van der Waals surface area contributed by atoms with Crippen LogP contribution in [0, 0.1) is 0 Å². The lowest BCUT2D eigenvalue weighted by atomic mass is 10.2. The molecule has 0 radical (unpaired) electrons. The average molecular weight is 289 g/mol. The van der Waals surface area contributed by atoms with E-state index in [4.69, 9.17) is 16.3 Å². The molecule has 2 aliphatic rings. The number of hydrogen-bond acceptors (Lipinski definition) is 4. The molecule has 1 fully saturated rings. The van der Waals surface area contributed by atoms with Crippen LogP contribution < -0.4 is 14.4 Å². The Kier molecular flexibility index (Phi) is 2.69. The second-order valence-corrected chi connectivity index (χ2v) is 6.60. The molecular formula is C11H13ClN2O3S. The van der Waals surface area contributed by atoms with E-state index in [0.29, 0.717) is 29.2 Å². The molecule has 98 valence electrons. The van der Waals surface area contributed by atoms with Crippen LogP contribution in [0.15, 0.2) is 17.0 Å². The van der Waals surface area contributed by atoms with Crippen molar-refractivity contribution in [2.45, 2.75) is 23.8 Å². The lowest BCUT2D eigenvalue weighted by Crippen LogP contribution is -2.44. The van der Waals surface area contributed by atoms with E-state index in [1.807, 2.05) is 4.90 Å². The molecule has 1 aromatic rings. The summed E-state index contributed by atoms with van der Waals surface area (Å²) >= 11 is 6.08. The first-order valence-corrected chi connectivity index (χ1v) is 7.53. The first-order valence-electron chi connectivity index (χ1n) is 5.67. The summed E-state index contributed by atoms with van der Waals surface area (Å²) < 4.78 is 31.6. The van der Waals surface area contributed by atoms with Gasteiger partial charge >= 0.3 is 0 Å². The molecule has 0 unspecified atom stereocenters. The third-order valence-electron chi connectivity index (χ3n) is 3.24. The fourth-order valence-corrected chi connectivity index (χ4v) is 3.56. The monoisotopic (exact) mass is 288 g/mol. The zero-order valence-corrected chi connectivity index (χ0v) is 11.4. The van der Waals surface area contributed by atoms with E-state index in [-0.39, 0.29) is 4.90 Å². The molecule has 18 heavy (non-hydrogen) atoms. The molecule has 0 atom stereocenters. The number of benzene rings is 1. The van der Waals surface area contributed by atoms with Crippen LogP contribution in [0.25, 0.3) is 0 Å². The van der Waals surface area contributed by atoms with Crippen molar-refractivity contribution in [2.75, 3.05) is 18.7 Å². The number of nitrogens with one attached hydrogen (secondary N) is 1. The van der Waals surface area contributed by atoms with Crippen LogP contribution in [-0.4, -0.2) is 28.2 Å². The van der Waals surface area contributed by atoms with Gasteiger partial charge in [0.05, 0.1) is 24.5 Å². The predicted octanol–water partition coefficient (Wildman–Crippen LogP) is 1.57. The third kappa shape index (κ3) is 1.84. The Balaban J connectivity index is 2.18. The van der Waals surface area contributed by atoms with E-state index in [1.54, 1.807) is 6.07 Å². The molecule has 1 N–H and O–H groups in total. The fraction of sp³-hybridized carbons (Fsp3) is 0.455. The van der Waals surface area contributed by atoms with Crippen LogP contribution in [0.2, 0.25) is 5.02 Å². The molecule has 3 rings (SSSR count). The van der Waals surface area contributed by atoms with Crippen LogP contribution in [0.1, 0.15) is 12.8 Å². The van der Waals surface area contributed by atoms with Crippen LogP contribution in [0.3, 0.4) is 0 Å². The number of sulfonamides is 1. The Morgan fingerprint density at radius 3 is 2.78 bits per heavy atom. The zero-order valence-electron chi connectivity index (χ0n) is 9.81. The summed E-state index contributed by atoms with van der Waals surface area (Å²) in [5.74, 6) is 0.374. The number of halogens is 1. The SMILES string of the molecule is COc1cc2c(cc1Cl)N(C1CC1)CNS2(=O)=O. The molecule has 0 spiro atoms. The van der Waals surface area contributed by atoms with E-state index < -0.39 is 10.0 Å². The van der Waals surface area contributed by atoms with Crippen molar-refractivity contribution in [3.05, 3.63) is 17.2 Å². The molecule has 0 aromatic heterocycles. The highest BCUT2D eigenvalue weighted by molar-refractivity contribution is 7.89. The highest BCUT2D eigenvalue weighted by Gasteiger charge is 2.37. The Morgan fingerprint density at radius 2 is 2.17 bits per heavy atom. The van der Waals surface area contributed by atoms with Crippen molar-refractivity contribution in [1.82, 2.24) is 4.72 Å². The van der Waals surface area contributed by atoms with Crippen molar-refractivity contribution in [3.8, 4) is 5.75 Å². The summed E-state index contributed by atoms with van der Waals surface area (Å²) in [5.41, 5.74) is 0.669. The van der Waals surface area contributed by atoms with Gasteiger partial charge in [-0.2, -0.15) is 4.72 Å². The summed E-state index contributed by atoms with van der Waals surface area (Å²) in [6.07, 6.45) is 2.18. The number of anilines is 1. The van der Waals surface area contributed by atoms with Gasteiger partial charge in [0.15, 0.2) is 0 Å². The van der Waals surface area contributed by atoms with Crippen LogP contribution in [-0.2, 0) is 10.0 Å².